The van der Waals surface area contributed by atoms with Gasteiger partial charge >= 0.3 is 0 Å². The molecule has 0 aliphatic carbocycles. The molecule has 0 amide bonds. The molecule has 3 nitrogen and oxygen atoms in total. The third-order valence-corrected chi connectivity index (χ3v) is 13.3. The topological polar surface area (TPSA) is 29.5 Å². The number of rotatable bonds is 8. The first-order valence-corrected chi connectivity index (χ1v) is 22.8. The van der Waals surface area contributed by atoms with Crippen LogP contribution in [0.25, 0.3) is 110 Å². The standard InChI is InChI=1S/C64H41NO2/c1-5-16-42(17-6-1)48-31-36-54-59(40-48)66-58-27-15-26-56(62(54)58)65(50-33-28-47(29-34-50)61-51-25-14-13-24-46(51)30-35-52(61)44-20-9-3-10-21-44)57-39-38-53(45-22-11-4-12-23-45)64-63(57)55-37-32-49(41-60(55)67-64)43-18-7-2-8-19-43/h1-41H. The van der Waals surface area contributed by atoms with E-state index in [1.165, 1.54) is 27.5 Å². The minimum Gasteiger partial charge on any atom is -0.456 e. The maximum Gasteiger partial charge on any atom is 0.145 e. The SMILES string of the molecule is c1ccc(-c2ccc3c(c2)oc2cccc(N(c4ccc(-c5c(-c6ccccc6)ccc6ccccc56)cc4)c4ccc(-c5ccccc5)c5oc6cc(-c7ccccc7)ccc6c45)c23)cc1. The highest BCUT2D eigenvalue weighted by molar-refractivity contribution is 6.20. The molecule has 13 rings (SSSR count). The van der Waals surface area contributed by atoms with Crippen LogP contribution in [0.4, 0.5) is 17.1 Å². The first-order chi connectivity index (χ1) is 33.2. The summed E-state index contributed by atoms with van der Waals surface area (Å²) in [5.74, 6) is 0. The molecule has 13 aromatic rings. The summed E-state index contributed by atoms with van der Waals surface area (Å²) in [5.41, 5.74) is 17.8. The highest BCUT2D eigenvalue weighted by atomic mass is 16.3. The summed E-state index contributed by atoms with van der Waals surface area (Å²) in [4.78, 5) is 2.41. The Morgan fingerprint density at radius 3 is 1.46 bits per heavy atom. The molecule has 0 fully saturated rings. The maximum absolute atomic E-state index is 7.09. The van der Waals surface area contributed by atoms with Gasteiger partial charge in [-0.1, -0.05) is 188 Å². The van der Waals surface area contributed by atoms with Crippen molar-refractivity contribution in [3.8, 4) is 55.6 Å². The molecule has 3 heteroatoms. The molecule has 0 saturated carbocycles. The van der Waals surface area contributed by atoms with Crippen LogP contribution in [0.2, 0.25) is 0 Å². The van der Waals surface area contributed by atoms with Gasteiger partial charge in [-0.15, -0.1) is 0 Å². The van der Waals surface area contributed by atoms with Gasteiger partial charge in [-0.2, -0.15) is 0 Å². The number of benzene rings is 11. The molecular weight excluding hydrogens is 815 g/mol. The fraction of sp³-hybridized carbons (Fsp3) is 0. The molecular formula is C64H41NO2. The Kier molecular flexibility index (Phi) is 9.17. The second-order valence-electron chi connectivity index (χ2n) is 17.2. The van der Waals surface area contributed by atoms with E-state index in [9.17, 15) is 0 Å². The summed E-state index contributed by atoms with van der Waals surface area (Å²) >= 11 is 0. The fourth-order valence-electron chi connectivity index (χ4n) is 10.1. The third-order valence-electron chi connectivity index (χ3n) is 13.3. The number of fused-ring (bicyclic) bond motifs is 7. The van der Waals surface area contributed by atoms with E-state index >= 15 is 0 Å². The Morgan fingerprint density at radius 2 is 0.806 bits per heavy atom. The summed E-state index contributed by atoms with van der Waals surface area (Å²) < 4.78 is 13.9. The van der Waals surface area contributed by atoms with Gasteiger partial charge in [0.1, 0.15) is 22.3 Å². The van der Waals surface area contributed by atoms with Crippen molar-refractivity contribution in [1.29, 1.82) is 0 Å². The number of furan rings is 2. The molecule has 67 heavy (non-hydrogen) atoms. The zero-order valence-corrected chi connectivity index (χ0v) is 36.4. The summed E-state index contributed by atoms with van der Waals surface area (Å²) in [6.45, 7) is 0. The van der Waals surface area contributed by atoms with Crippen LogP contribution < -0.4 is 4.90 Å². The minimum atomic E-state index is 0.823. The monoisotopic (exact) mass is 855 g/mol. The van der Waals surface area contributed by atoms with Gasteiger partial charge in [0, 0.05) is 22.0 Å². The van der Waals surface area contributed by atoms with Gasteiger partial charge in [0.25, 0.3) is 0 Å². The van der Waals surface area contributed by atoms with E-state index < -0.39 is 0 Å². The second kappa shape index (κ2) is 16.0. The van der Waals surface area contributed by atoms with Crippen LogP contribution in [0.15, 0.2) is 258 Å². The number of hydrogen-bond acceptors (Lipinski definition) is 3. The van der Waals surface area contributed by atoms with Crippen LogP contribution in [-0.4, -0.2) is 0 Å². The van der Waals surface area contributed by atoms with E-state index in [0.29, 0.717) is 0 Å². The molecule has 0 aliphatic heterocycles. The molecule has 0 N–H and O–H groups in total. The molecule has 11 aromatic carbocycles. The van der Waals surface area contributed by atoms with Crippen LogP contribution in [-0.2, 0) is 0 Å². The van der Waals surface area contributed by atoms with E-state index in [-0.39, 0.29) is 0 Å². The molecule has 0 spiro atoms. The van der Waals surface area contributed by atoms with Crippen LogP contribution >= 0.6 is 0 Å². The Labute approximate surface area is 388 Å². The average molecular weight is 856 g/mol. The predicted octanol–water partition coefficient (Wildman–Crippen LogP) is 18.4. The van der Waals surface area contributed by atoms with Crippen LogP contribution in [0.1, 0.15) is 0 Å². The lowest BCUT2D eigenvalue weighted by Gasteiger charge is -2.27. The van der Waals surface area contributed by atoms with E-state index in [0.717, 1.165) is 99.9 Å². The largest absolute Gasteiger partial charge is 0.456 e. The molecule has 2 aromatic heterocycles. The van der Waals surface area contributed by atoms with Crippen molar-refractivity contribution in [3.63, 3.8) is 0 Å². The molecule has 0 aliphatic rings. The smallest absolute Gasteiger partial charge is 0.145 e. The van der Waals surface area contributed by atoms with E-state index in [4.69, 9.17) is 8.83 Å². The van der Waals surface area contributed by atoms with Crippen molar-refractivity contribution in [2.45, 2.75) is 0 Å². The molecule has 314 valence electrons. The lowest BCUT2D eigenvalue weighted by Crippen LogP contribution is -2.11. The Bertz CT molecular complexity index is 3950. The first-order valence-electron chi connectivity index (χ1n) is 22.8. The summed E-state index contributed by atoms with van der Waals surface area (Å²) in [6, 6.07) is 88.7. The lowest BCUT2D eigenvalue weighted by atomic mass is 9.89. The minimum absolute atomic E-state index is 0.823. The van der Waals surface area contributed by atoms with Crippen molar-refractivity contribution in [2.75, 3.05) is 4.90 Å². The fourth-order valence-corrected chi connectivity index (χ4v) is 10.1. The zero-order chi connectivity index (χ0) is 44.3. The second-order valence-corrected chi connectivity index (χ2v) is 17.2. The quantitative estimate of drug-likeness (QED) is 0.152. The van der Waals surface area contributed by atoms with Crippen molar-refractivity contribution >= 4 is 71.7 Å². The maximum atomic E-state index is 7.09. The van der Waals surface area contributed by atoms with Crippen molar-refractivity contribution < 1.29 is 8.83 Å². The van der Waals surface area contributed by atoms with Gasteiger partial charge in [0.05, 0.1) is 22.1 Å². The highest BCUT2D eigenvalue weighted by Gasteiger charge is 2.26. The van der Waals surface area contributed by atoms with Gasteiger partial charge in [0.15, 0.2) is 0 Å². The number of anilines is 3. The molecule has 0 bridgehead atoms. The van der Waals surface area contributed by atoms with Gasteiger partial charge in [0.2, 0.25) is 0 Å². The highest BCUT2D eigenvalue weighted by Crippen LogP contribution is 2.50. The molecule has 0 unspecified atom stereocenters. The van der Waals surface area contributed by atoms with Crippen molar-refractivity contribution in [3.05, 3.63) is 249 Å². The third kappa shape index (κ3) is 6.59. The number of nitrogens with zero attached hydrogens (tertiary/aromatic N) is 1. The van der Waals surface area contributed by atoms with Gasteiger partial charge in [-0.25, -0.2) is 0 Å². The Balaban J connectivity index is 1.07. The predicted molar refractivity (Wildman–Crippen MR) is 280 cm³/mol. The zero-order valence-electron chi connectivity index (χ0n) is 36.4. The van der Waals surface area contributed by atoms with Crippen LogP contribution in [0, 0.1) is 0 Å². The summed E-state index contributed by atoms with van der Waals surface area (Å²) in [6.07, 6.45) is 0. The van der Waals surface area contributed by atoms with Crippen molar-refractivity contribution in [1.82, 2.24) is 0 Å². The van der Waals surface area contributed by atoms with Gasteiger partial charge in [-0.05, 0) is 122 Å². The Morgan fingerprint density at radius 1 is 0.284 bits per heavy atom. The van der Waals surface area contributed by atoms with Gasteiger partial charge in [-0.3, -0.25) is 0 Å². The summed E-state index contributed by atoms with van der Waals surface area (Å²) in [7, 11) is 0. The van der Waals surface area contributed by atoms with Crippen LogP contribution in [0.3, 0.4) is 0 Å². The lowest BCUT2D eigenvalue weighted by molar-refractivity contribution is 0.669. The molecule has 0 saturated heterocycles. The number of hydrogen-bond donors (Lipinski definition) is 0. The summed E-state index contributed by atoms with van der Waals surface area (Å²) in [5, 5.41) is 6.61. The molecule has 2 heterocycles. The normalized spacial score (nSPS) is 11.6. The Hall–Kier alpha value is -8.92. The average Bonchev–Trinajstić information content (AvgIpc) is 3.98. The van der Waals surface area contributed by atoms with Crippen LogP contribution in [0.5, 0.6) is 0 Å². The van der Waals surface area contributed by atoms with E-state index in [2.05, 4.69) is 254 Å². The first kappa shape index (κ1) is 38.5. The van der Waals surface area contributed by atoms with E-state index in [1.807, 2.05) is 0 Å². The van der Waals surface area contributed by atoms with Gasteiger partial charge < -0.3 is 13.7 Å². The van der Waals surface area contributed by atoms with E-state index in [1.54, 1.807) is 0 Å². The van der Waals surface area contributed by atoms with Crippen molar-refractivity contribution in [2.24, 2.45) is 0 Å². The molecule has 0 atom stereocenters. The molecule has 0 radical (unpaired) electrons.